The number of rotatable bonds is 5. The minimum atomic E-state index is -0.412. The third-order valence-corrected chi connectivity index (χ3v) is 4.14. The van der Waals surface area contributed by atoms with Crippen molar-refractivity contribution in [1.29, 1.82) is 0 Å². The number of nitrogens with two attached hydrogens (primary N) is 1. The number of nitrogens with one attached hydrogen (secondary N) is 1. The van der Waals surface area contributed by atoms with Gasteiger partial charge in [0.25, 0.3) is 0 Å². The van der Waals surface area contributed by atoms with Gasteiger partial charge in [-0.05, 0) is 24.6 Å². The minimum Gasteiger partial charge on any atom is -0.455 e. The van der Waals surface area contributed by atoms with Crippen LogP contribution in [0, 0.1) is 6.92 Å². The Morgan fingerprint density at radius 3 is 2.85 bits per heavy atom. The van der Waals surface area contributed by atoms with Crippen LogP contribution in [0.15, 0.2) is 34.7 Å². The number of nitrogen functional groups attached to an aromatic ring is 1. The second kappa shape index (κ2) is 6.83. The fraction of sp³-hybridized carbons (Fsp3) is 0.214. The summed E-state index contributed by atoms with van der Waals surface area (Å²) in [5.41, 5.74) is 3.93. The zero-order valence-corrected chi connectivity index (χ0v) is 12.6. The maximum Gasteiger partial charge on any atom is 0.301 e. The molecule has 0 spiro atoms. The summed E-state index contributed by atoms with van der Waals surface area (Å²) >= 11 is 7.77. The molecule has 6 heteroatoms. The van der Waals surface area contributed by atoms with Gasteiger partial charge in [0.1, 0.15) is 5.76 Å². The molecule has 0 aliphatic rings. The number of hydrogen-bond acceptors (Lipinski definition) is 4. The summed E-state index contributed by atoms with van der Waals surface area (Å²) in [6.45, 7) is 1.82. The topological polar surface area (TPSA) is 68.3 Å². The number of halogens is 1. The van der Waals surface area contributed by atoms with Crippen molar-refractivity contribution in [3.8, 4) is 0 Å². The Morgan fingerprint density at radius 1 is 1.40 bits per heavy atom. The SMILES string of the molecule is Cc1cc(CSCc2ccccc2Cl)oc1C(=O)NN. The van der Waals surface area contributed by atoms with E-state index in [2.05, 4.69) is 5.43 Å². The van der Waals surface area contributed by atoms with E-state index in [1.54, 1.807) is 11.8 Å². The largest absolute Gasteiger partial charge is 0.455 e. The first-order chi connectivity index (χ1) is 9.61. The van der Waals surface area contributed by atoms with E-state index in [0.717, 1.165) is 27.7 Å². The highest BCUT2D eigenvalue weighted by Gasteiger charge is 2.14. The van der Waals surface area contributed by atoms with Crippen LogP contribution in [0.4, 0.5) is 0 Å². The molecule has 2 aromatic rings. The highest BCUT2D eigenvalue weighted by Crippen LogP contribution is 2.25. The lowest BCUT2D eigenvalue weighted by Crippen LogP contribution is -2.30. The number of thioether (sulfide) groups is 1. The molecule has 3 N–H and O–H groups in total. The molecule has 0 fully saturated rings. The Kier molecular flexibility index (Phi) is 5.11. The number of benzene rings is 1. The Labute approximate surface area is 126 Å². The van der Waals surface area contributed by atoms with Crippen molar-refractivity contribution in [1.82, 2.24) is 5.43 Å². The molecule has 106 valence electrons. The Balaban J connectivity index is 1.95. The predicted molar refractivity (Wildman–Crippen MR) is 81.5 cm³/mol. The normalized spacial score (nSPS) is 10.6. The number of furan rings is 1. The standard InChI is InChI=1S/C14H15ClN2O2S/c1-9-6-11(19-13(9)14(18)17-16)8-20-7-10-4-2-3-5-12(10)15/h2-6H,7-8,16H2,1H3,(H,17,18). The van der Waals surface area contributed by atoms with Crippen molar-refractivity contribution in [3.63, 3.8) is 0 Å². The number of hydrogen-bond donors (Lipinski definition) is 2. The van der Waals surface area contributed by atoms with E-state index in [1.807, 2.05) is 37.3 Å². The van der Waals surface area contributed by atoms with Crippen LogP contribution in [0.1, 0.15) is 27.4 Å². The van der Waals surface area contributed by atoms with Crippen molar-refractivity contribution in [2.45, 2.75) is 18.4 Å². The van der Waals surface area contributed by atoms with Gasteiger partial charge in [0.2, 0.25) is 0 Å². The van der Waals surface area contributed by atoms with Gasteiger partial charge in [0.15, 0.2) is 5.76 Å². The van der Waals surface area contributed by atoms with Crippen molar-refractivity contribution in [3.05, 3.63) is 58.0 Å². The van der Waals surface area contributed by atoms with Crippen LogP contribution in [-0.4, -0.2) is 5.91 Å². The molecule has 1 aromatic carbocycles. The Hall–Kier alpha value is -1.43. The third-order valence-electron chi connectivity index (χ3n) is 2.77. The van der Waals surface area contributed by atoms with Crippen LogP contribution < -0.4 is 11.3 Å². The van der Waals surface area contributed by atoms with Crippen LogP contribution >= 0.6 is 23.4 Å². The summed E-state index contributed by atoms with van der Waals surface area (Å²) < 4.78 is 5.49. The first kappa shape index (κ1) is 15.0. The molecular weight excluding hydrogens is 296 g/mol. The summed E-state index contributed by atoms with van der Waals surface area (Å²) in [7, 11) is 0. The number of aryl methyl sites for hydroxylation is 1. The average molecular weight is 311 g/mol. The van der Waals surface area contributed by atoms with Crippen LogP contribution in [0.25, 0.3) is 0 Å². The molecule has 1 amide bonds. The van der Waals surface area contributed by atoms with E-state index in [-0.39, 0.29) is 5.76 Å². The van der Waals surface area contributed by atoms with Gasteiger partial charge >= 0.3 is 5.91 Å². The average Bonchev–Trinajstić information content (AvgIpc) is 2.81. The third kappa shape index (κ3) is 3.56. The molecule has 0 unspecified atom stereocenters. The molecule has 0 saturated carbocycles. The fourth-order valence-corrected chi connectivity index (χ4v) is 2.99. The molecule has 0 radical (unpaired) electrons. The lowest BCUT2D eigenvalue weighted by atomic mass is 10.2. The summed E-state index contributed by atoms with van der Waals surface area (Å²) in [4.78, 5) is 11.4. The highest BCUT2D eigenvalue weighted by atomic mass is 35.5. The quantitative estimate of drug-likeness (QED) is 0.505. The van der Waals surface area contributed by atoms with Crippen LogP contribution in [0.5, 0.6) is 0 Å². The van der Waals surface area contributed by atoms with Gasteiger partial charge in [-0.25, -0.2) is 5.84 Å². The zero-order chi connectivity index (χ0) is 14.5. The van der Waals surface area contributed by atoms with Crippen molar-refractivity contribution >= 4 is 29.3 Å². The maximum atomic E-state index is 11.4. The van der Waals surface area contributed by atoms with Gasteiger partial charge in [-0.1, -0.05) is 29.8 Å². The van der Waals surface area contributed by atoms with Crippen LogP contribution in [0.3, 0.4) is 0 Å². The zero-order valence-electron chi connectivity index (χ0n) is 11.0. The monoisotopic (exact) mass is 310 g/mol. The molecule has 0 aliphatic heterocycles. The second-order valence-corrected chi connectivity index (χ2v) is 5.68. The summed E-state index contributed by atoms with van der Waals surface area (Å²) in [5.74, 6) is 7.16. The van der Waals surface area contributed by atoms with Gasteiger partial charge in [-0.2, -0.15) is 0 Å². The number of hydrazine groups is 1. The van der Waals surface area contributed by atoms with E-state index in [0.29, 0.717) is 5.75 Å². The summed E-state index contributed by atoms with van der Waals surface area (Å²) in [6.07, 6.45) is 0. The van der Waals surface area contributed by atoms with Gasteiger partial charge < -0.3 is 4.42 Å². The molecule has 2 rings (SSSR count). The first-order valence-electron chi connectivity index (χ1n) is 6.03. The van der Waals surface area contributed by atoms with E-state index in [1.165, 1.54) is 0 Å². The molecule has 4 nitrogen and oxygen atoms in total. The van der Waals surface area contributed by atoms with Crippen molar-refractivity contribution in [2.75, 3.05) is 0 Å². The van der Waals surface area contributed by atoms with Gasteiger partial charge in [0.05, 0.1) is 5.75 Å². The number of amides is 1. The summed E-state index contributed by atoms with van der Waals surface area (Å²) in [6, 6.07) is 9.59. The Morgan fingerprint density at radius 2 is 2.15 bits per heavy atom. The van der Waals surface area contributed by atoms with Gasteiger partial charge in [-0.15, -0.1) is 11.8 Å². The molecule has 0 atom stereocenters. The highest BCUT2D eigenvalue weighted by molar-refractivity contribution is 7.97. The van der Waals surface area contributed by atoms with Crippen LogP contribution in [-0.2, 0) is 11.5 Å². The number of carbonyl (C=O) groups excluding carboxylic acids is 1. The first-order valence-corrected chi connectivity index (χ1v) is 7.56. The fourth-order valence-electron chi connectivity index (χ4n) is 1.79. The second-order valence-electron chi connectivity index (χ2n) is 4.28. The smallest absolute Gasteiger partial charge is 0.301 e. The van der Waals surface area contributed by atoms with E-state index in [4.69, 9.17) is 21.9 Å². The molecule has 0 bridgehead atoms. The molecule has 0 saturated heterocycles. The van der Waals surface area contributed by atoms with Gasteiger partial charge in [0, 0.05) is 16.3 Å². The minimum absolute atomic E-state index is 0.265. The lowest BCUT2D eigenvalue weighted by molar-refractivity contribution is 0.0923. The van der Waals surface area contributed by atoms with Crippen molar-refractivity contribution < 1.29 is 9.21 Å². The lowest BCUT2D eigenvalue weighted by Gasteiger charge is -2.02. The molecule has 20 heavy (non-hydrogen) atoms. The Bertz CT molecular complexity index is 613. The molecular formula is C14H15ClN2O2S. The van der Waals surface area contributed by atoms with Crippen LogP contribution in [0.2, 0.25) is 5.02 Å². The number of carbonyl (C=O) groups is 1. The molecule has 1 heterocycles. The van der Waals surface area contributed by atoms with Gasteiger partial charge in [-0.3, -0.25) is 10.2 Å². The predicted octanol–water partition coefficient (Wildman–Crippen LogP) is 3.28. The molecule has 0 aliphatic carbocycles. The maximum absolute atomic E-state index is 11.4. The van der Waals surface area contributed by atoms with Crippen molar-refractivity contribution in [2.24, 2.45) is 5.84 Å². The summed E-state index contributed by atoms with van der Waals surface area (Å²) in [5, 5.41) is 0.763. The van der Waals surface area contributed by atoms with E-state index >= 15 is 0 Å². The van der Waals surface area contributed by atoms with E-state index < -0.39 is 5.91 Å². The molecule has 1 aromatic heterocycles. The van der Waals surface area contributed by atoms with E-state index in [9.17, 15) is 4.79 Å².